The first-order chi connectivity index (χ1) is 12.1. The van der Waals surface area contributed by atoms with Gasteiger partial charge in [-0.2, -0.15) is 0 Å². The molecular weight excluding hydrogens is 317 g/mol. The van der Waals surface area contributed by atoms with E-state index in [1.165, 1.54) is 38.2 Å². The van der Waals surface area contributed by atoms with Crippen molar-refractivity contribution in [2.75, 3.05) is 52.9 Å². The van der Waals surface area contributed by atoms with Gasteiger partial charge in [-0.25, -0.2) is 4.39 Å². The van der Waals surface area contributed by atoms with Gasteiger partial charge in [0.15, 0.2) is 0 Å². The highest BCUT2D eigenvalue weighted by molar-refractivity contribution is 5.16. The highest BCUT2D eigenvalue weighted by atomic mass is 19.1. The Bertz CT molecular complexity index is 563. The average Bonchev–Trinajstić information content (AvgIpc) is 3.04. The van der Waals surface area contributed by atoms with Crippen LogP contribution in [0.4, 0.5) is 4.39 Å². The van der Waals surface area contributed by atoms with Crippen LogP contribution in [0.2, 0.25) is 0 Å². The molecule has 3 aliphatic heterocycles. The molecule has 138 valence electrons. The van der Waals surface area contributed by atoms with E-state index >= 15 is 0 Å². The predicted molar refractivity (Wildman–Crippen MR) is 97.1 cm³/mol. The molecule has 4 nitrogen and oxygen atoms in total. The first-order valence-electron chi connectivity index (χ1n) is 9.65. The molecule has 1 spiro atoms. The van der Waals surface area contributed by atoms with Gasteiger partial charge < -0.3 is 9.64 Å². The van der Waals surface area contributed by atoms with E-state index in [1.807, 2.05) is 12.1 Å². The summed E-state index contributed by atoms with van der Waals surface area (Å²) in [5, 5.41) is 0. The van der Waals surface area contributed by atoms with Crippen molar-refractivity contribution in [3.63, 3.8) is 0 Å². The van der Waals surface area contributed by atoms with Crippen LogP contribution in [0, 0.1) is 5.82 Å². The van der Waals surface area contributed by atoms with Crippen molar-refractivity contribution in [3.05, 3.63) is 35.6 Å². The zero-order chi connectivity index (χ0) is 17.3. The Balaban J connectivity index is 1.27. The lowest BCUT2D eigenvalue weighted by atomic mass is 9.87. The fourth-order valence-electron chi connectivity index (χ4n) is 4.56. The number of nitrogens with zero attached hydrogens (tertiary/aromatic N) is 3. The monoisotopic (exact) mass is 347 g/mol. The lowest BCUT2D eigenvalue weighted by Gasteiger charge is -2.40. The third-order valence-electron chi connectivity index (χ3n) is 6.33. The SMILES string of the molecule is CN1CCN([C@@H]2COC3(CCN(Cc4ccc(F)cc4)CC3)C2)CC1. The Morgan fingerprint density at radius 1 is 1.04 bits per heavy atom. The van der Waals surface area contributed by atoms with E-state index in [0.717, 1.165) is 39.1 Å². The van der Waals surface area contributed by atoms with Crippen molar-refractivity contribution < 1.29 is 9.13 Å². The Morgan fingerprint density at radius 3 is 2.40 bits per heavy atom. The molecule has 3 heterocycles. The zero-order valence-electron chi connectivity index (χ0n) is 15.3. The Morgan fingerprint density at radius 2 is 1.72 bits per heavy atom. The second kappa shape index (κ2) is 7.31. The number of ether oxygens (including phenoxy) is 1. The van der Waals surface area contributed by atoms with E-state index in [-0.39, 0.29) is 11.4 Å². The molecular formula is C20H30FN3O. The van der Waals surface area contributed by atoms with Crippen molar-refractivity contribution >= 4 is 0 Å². The lowest BCUT2D eigenvalue weighted by molar-refractivity contribution is -0.0454. The summed E-state index contributed by atoms with van der Waals surface area (Å²) in [5.41, 5.74) is 1.30. The van der Waals surface area contributed by atoms with E-state index in [2.05, 4.69) is 21.7 Å². The minimum Gasteiger partial charge on any atom is -0.373 e. The van der Waals surface area contributed by atoms with Gasteiger partial charge in [0.05, 0.1) is 12.2 Å². The molecule has 0 bridgehead atoms. The van der Waals surface area contributed by atoms with Crippen LogP contribution >= 0.6 is 0 Å². The maximum Gasteiger partial charge on any atom is 0.123 e. The minimum absolute atomic E-state index is 0.104. The third kappa shape index (κ3) is 4.05. The second-order valence-electron chi connectivity index (χ2n) is 8.09. The number of likely N-dealkylation sites (tertiary alicyclic amines) is 1. The average molecular weight is 347 g/mol. The van der Waals surface area contributed by atoms with Crippen molar-refractivity contribution in [1.82, 2.24) is 14.7 Å². The van der Waals surface area contributed by atoms with Crippen LogP contribution in [0.25, 0.3) is 0 Å². The van der Waals surface area contributed by atoms with Crippen LogP contribution in [0.1, 0.15) is 24.8 Å². The van der Waals surface area contributed by atoms with Gasteiger partial charge >= 0.3 is 0 Å². The van der Waals surface area contributed by atoms with Crippen LogP contribution in [0.3, 0.4) is 0 Å². The number of benzene rings is 1. The van der Waals surface area contributed by atoms with Gasteiger partial charge in [0.2, 0.25) is 0 Å². The van der Waals surface area contributed by atoms with Gasteiger partial charge in [0, 0.05) is 51.9 Å². The molecule has 1 atom stereocenters. The van der Waals surface area contributed by atoms with Crippen LogP contribution in [-0.2, 0) is 11.3 Å². The summed E-state index contributed by atoms with van der Waals surface area (Å²) in [6, 6.07) is 7.52. The van der Waals surface area contributed by atoms with Crippen molar-refractivity contribution in [1.29, 1.82) is 0 Å². The fraction of sp³-hybridized carbons (Fsp3) is 0.700. The van der Waals surface area contributed by atoms with E-state index in [4.69, 9.17) is 4.74 Å². The summed E-state index contributed by atoms with van der Waals surface area (Å²) in [6.07, 6.45) is 3.44. The molecule has 0 unspecified atom stereocenters. The largest absolute Gasteiger partial charge is 0.373 e. The molecule has 3 saturated heterocycles. The normalized spacial score (nSPS) is 28.6. The topological polar surface area (TPSA) is 19.0 Å². The van der Waals surface area contributed by atoms with E-state index < -0.39 is 0 Å². The van der Waals surface area contributed by atoms with Crippen LogP contribution < -0.4 is 0 Å². The standard InChI is InChI=1S/C20H30FN3O/c1-22-10-12-24(13-11-22)19-14-20(25-16-19)6-8-23(9-7-20)15-17-2-4-18(21)5-3-17/h2-5,19H,6-16H2,1H3/t19-/m0/s1. The number of rotatable bonds is 3. The van der Waals surface area contributed by atoms with Gasteiger partial charge in [0.1, 0.15) is 5.82 Å². The highest BCUT2D eigenvalue weighted by Crippen LogP contribution is 2.38. The Kier molecular flexibility index (Phi) is 5.09. The lowest BCUT2D eigenvalue weighted by Crippen LogP contribution is -2.50. The molecule has 0 aromatic heterocycles. The molecule has 5 heteroatoms. The molecule has 25 heavy (non-hydrogen) atoms. The fourth-order valence-corrected chi connectivity index (χ4v) is 4.56. The summed E-state index contributed by atoms with van der Waals surface area (Å²) < 4.78 is 19.4. The molecule has 0 radical (unpaired) electrons. The number of halogens is 1. The third-order valence-corrected chi connectivity index (χ3v) is 6.33. The first-order valence-corrected chi connectivity index (χ1v) is 9.65. The van der Waals surface area contributed by atoms with E-state index in [0.29, 0.717) is 6.04 Å². The summed E-state index contributed by atoms with van der Waals surface area (Å²) >= 11 is 0. The molecule has 3 aliphatic rings. The Hall–Kier alpha value is -1.01. The summed E-state index contributed by atoms with van der Waals surface area (Å²) in [4.78, 5) is 7.53. The maximum absolute atomic E-state index is 13.0. The quantitative estimate of drug-likeness (QED) is 0.834. The highest BCUT2D eigenvalue weighted by Gasteiger charge is 2.44. The first kappa shape index (κ1) is 17.4. The van der Waals surface area contributed by atoms with Crippen molar-refractivity contribution in [3.8, 4) is 0 Å². The molecule has 0 saturated carbocycles. The number of hydrogen-bond donors (Lipinski definition) is 0. The van der Waals surface area contributed by atoms with Gasteiger partial charge in [0.25, 0.3) is 0 Å². The number of likely N-dealkylation sites (N-methyl/N-ethyl adjacent to an activating group) is 1. The van der Waals surface area contributed by atoms with Crippen LogP contribution in [-0.4, -0.2) is 79.3 Å². The van der Waals surface area contributed by atoms with Gasteiger partial charge in [-0.05, 0) is 44.0 Å². The predicted octanol–water partition coefficient (Wildman–Crippen LogP) is 2.20. The summed E-state index contributed by atoms with van der Waals surface area (Å²) in [5.74, 6) is -0.157. The summed E-state index contributed by atoms with van der Waals surface area (Å²) in [6.45, 7) is 8.68. The zero-order valence-corrected chi connectivity index (χ0v) is 15.3. The molecule has 0 amide bonds. The number of piperazine rings is 1. The van der Waals surface area contributed by atoms with Crippen LogP contribution in [0.5, 0.6) is 0 Å². The maximum atomic E-state index is 13.0. The number of piperidine rings is 1. The second-order valence-corrected chi connectivity index (χ2v) is 8.09. The smallest absolute Gasteiger partial charge is 0.123 e. The molecule has 1 aromatic carbocycles. The molecule has 1 aromatic rings. The van der Waals surface area contributed by atoms with Crippen molar-refractivity contribution in [2.24, 2.45) is 0 Å². The van der Waals surface area contributed by atoms with E-state index in [9.17, 15) is 4.39 Å². The summed E-state index contributed by atoms with van der Waals surface area (Å²) in [7, 11) is 2.21. The van der Waals surface area contributed by atoms with E-state index in [1.54, 1.807) is 12.1 Å². The molecule has 3 fully saturated rings. The van der Waals surface area contributed by atoms with Crippen LogP contribution in [0.15, 0.2) is 24.3 Å². The van der Waals surface area contributed by atoms with Gasteiger partial charge in [-0.3, -0.25) is 9.80 Å². The van der Waals surface area contributed by atoms with Crippen molar-refractivity contribution in [2.45, 2.75) is 37.5 Å². The van der Waals surface area contributed by atoms with Gasteiger partial charge in [-0.15, -0.1) is 0 Å². The molecule has 0 aliphatic carbocycles. The number of hydrogen-bond acceptors (Lipinski definition) is 4. The Labute approximate surface area is 150 Å². The minimum atomic E-state index is -0.157. The van der Waals surface area contributed by atoms with Gasteiger partial charge in [-0.1, -0.05) is 12.1 Å². The molecule has 0 N–H and O–H groups in total. The molecule has 4 rings (SSSR count).